The fraction of sp³-hybridized carbons (Fsp3) is 0.857. The van der Waals surface area contributed by atoms with E-state index in [-0.39, 0.29) is 5.92 Å². The van der Waals surface area contributed by atoms with E-state index in [4.69, 9.17) is 10.2 Å². The highest BCUT2D eigenvalue weighted by Crippen LogP contribution is 2.24. The minimum atomic E-state index is -0.603. The molecule has 0 aromatic carbocycles. The molecule has 0 aliphatic heterocycles. The van der Waals surface area contributed by atoms with Crippen molar-refractivity contribution in [1.82, 2.24) is 5.32 Å². The third kappa shape index (κ3) is 2.17. The average molecular weight is 159 g/mol. The summed E-state index contributed by atoms with van der Waals surface area (Å²) in [7, 11) is 0. The molecule has 64 valence electrons. The third-order valence-corrected chi connectivity index (χ3v) is 2.08. The van der Waals surface area contributed by atoms with Gasteiger partial charge in [-0.15, -0.1) is 0 Å². The number of aliphatic hydroxyl groups excluding tert-OH is 2. The molecular formula is C7H13NO3. The molecule has 0 spiro atoms. The van der Waals surface area contributed by atoms with Crippen molar-refractivity contribution >= 4 is 6.41 Å². The Balaban J connectivity index is 2.23. The Hall–Kier alpha value is -0.610. The highest BCUT2D eigenvalue weighted by atomic mass is 16.3. The normalized spacial score (nSPS) is 37.1. The predicted octanol–water partition coefficient (Wildman–Crippen LogP) is -1.14. The van der Waals surface area contributed by atoms with Crippen molar-refractivity contribution in [3.63, 3.8) is 0 Å². The summed E-state index contributed by atoms with van der Waals surface area (Å²) < 4.78 is 0. The largest absolute Gasteiger partial charge is 0.390 e. The molecule has 1 rings (SSSR count). The first-order valence-corrected chi connectivity index (χ1v) is 3.77. The van der Waals surface area contributed by atoms with Crippen molar-refractivity contribution in [1.29, 1.82) is 0 Å². The van der Waals surface area contributed by atoms with Crippen LogP contribution in [0.3, 0.4) is 0 Å². The molecule has 0 aromatic heterocycles. The van der Waals surface area contributed by atoms with Gasteiger partial charge in [0.1, 0.15) is 0 Å². The summed E-state index contributed by atoms with van der Waals surface area (Å²) in [4.78, 5) is 9.89. The van der Waals surface area contributed by atoms with Gasteiger partial charge in [0, 0.05) is 6.54 Å². The van der Waals surface area contributed by atoms with Gasteiger partial charge in [0.15, 0.2) is 0 Å². The van der Waals surface area contributed by atoms with Crippen LogP contribution in [0.2, 0.25) is 0 Å². The van der Waals surface area contributed by atoms with Crippen LogP contribution in [-0.4, -0.2) is 35.4 Å². The van der Waals surface area contributed by atoms with Crippen LogP contribution in [-0.2, 0) is 4.79 Å². The Kier molecular flexibility index (Phi) is 2.84. The van der Waals surface area contributed by atoms with E-state index >= 15 is 0 Å². The van der Waals surface area contributed by atoms with E-state index in [1.807, 2.05) is 0 Å². The van der Waals surface area contributed by atoms with E-state index in [9.17, 15) is 4.79 Å². The summed E-state index contributed by atoms with van der Waals surface area (Å²) >= 11 is 0. The van der Waals surface area contributed by atoms with Crippen LogP contribution in [0.1, 0.15) is 12.8 Å². The Morgan fingerprint density at radius 2 is 1.91 bits per heavy atom. The Morgan fingerprint density at radius 3 is 2.36 bits per heavy atom. The molecule has 1 fully saturated rings. The number of amides is 1. The summed E-state index contributed by atoms with van der Waals surface area (Å²) in [6.07, 6.45) is 0.600. The lowest BCUT2D eigenvalue weighted by atomic mass is 10.1. The van der Waals surface area contributed by atoms with Crippen LogP contribution in [0, 0.1) is 5.92 Å². The summed E-state index contributed by atoms with van der Waals surface area (Å²) in [6.45, 7) is 0.553. The molecule has 2 unspecified atom stereocenters. The number of hydrogen-bond donors (Lipinski definition) is 3. The van der Waals surface area contributed by atoms with Gasteiger partial charge in [-0.1, -0.05) is 0 Å². The zero-order valence-electron chi connectivity index (χ0n) is 6.23. The lowest BCUT2D eigenvalue weighted by molar-refractivity contribution is -0.109. The average Bonchev–Trinajstić information content (AvgIpc) is 2.28. The van der Waals surface area contributed by atoms with Crippen molar-refractivity contribution in [3.05, 3.63) is 0 Å². The third-order valence-electron chi connectivity index (χ3n) is 2.08. The van der Waals surface area contributed by atoms with Crippen molar-refractivity contribution in [2.75, 3.05) is 6.54 Å². The minimum Gasteiger partial charge on any atom is -0.390 e. The monoisotopic (exact) mass is 159 g/mol. The molecule has 1 aliphatic carbocycles. The quantitative estimate of drug-likeness (QED) is 0.456. The molecule has 1 aliphatic rings. The first-order valence-electron chi connectivity index (χ1n) is 3.77. The standard InChI is InChI=1S/C7H13NO3/c9-4-8-3-5-1-6(10)7(11)2-5/h4-7,10-11H,1-3H2,(H,8,9). The first kappa shape index (κ1) is 8.49. The van der Waals surface area contributed by atoms with E-state index in [0.29, 0.717) is 25.8 Å². The maximum absolute atomic E-state index is 9.89. The molecule has 0 bridgehead atoms. The second kappa shape index (κ2) is 3.69. The zero-order chi connectivity index (χ0) is 8.27. The van der Waals surface area contributed by atoms with Crippen molar-refractivity contribution in [2.24, 2.45) is 5.92 Å². The van der Waals surface area contributed by atoms with Gasteiger partial charge >= 0.3 is 0 Å². The van der Waals surface area contributed by atoms with Crippen LogP contribution in [0.25, 0.3) is 0 Å². The molecule has 2 atom stereocenters. The molecule has 0 radical (unpaired) electrons. The van der Waals surface area contributed by atoms with E-state index < -0.39 is 12.2 Å². The lowest BCUT2D eigenvalue weighted by Gasteiger charge is -2.05. The molecule has 4 nitrogen and oxygen atoms in total. The molecule has 1 amide bonds. The Bertz CT molecular complexity index is 130. The van der Waals surface area contributed by atoms with Crippen LogP contribution >= 0.6 is 0 Å². The van der Waals surface area contributed by atoms with Gasteiger partial charge < -0.3 is 15.5 Å². The lowest BCUT2D eigenvalue weighted by Crippen LogP contribution is -2.19. The van der Waals surface area contributed by atoms with Gasteiger partial charge in [0.05, 0.1) is 12.2 Å². The number of aliphatic hydroxyl groups is 2. The SMILES string of the molecule is O=CNCC1CC(O)C(O)C1. The molecule has 0 saturated heterocycles. The van der Waals surface area contributed by atoms with Crippen molar-refractivity contribution in [3.8, 4) is 0 Å². The van der Waals surface area contributed by atoms with E-state index in [0.717, 1.165) is 0 Å². The molecule has 3 N–H and O–H groups in total. The van der Waals surface area contributed by atoms with Crippen LogP contribution in [0.5, 0.6) is 0 Å². The number of rotatable bonds is 3. The number of carbonyl (C=O) groups excluding carboxylic acids is 1. The molecular weight excluding hydrogens is 146 g/mol. The van der Waals surface area contributed by atoms with Crippen LogP contribution in [0.15, 0.2) is 0 Å². The summed E-state index contributed by atoms with van der Waals surface area (Å²) in [5.74, 6) is 0.227. The van der Waals surface area contributed by atoms with E-state index in [1.165, 1.54) is 0 Å². The fourth-order valence-electron chi connectivity index (χ4n) is 1.47. The highest BCUT2D eigenvalue weighted by Gasteiger charge is 2.30. The van der Waals surface area contributed by atoms with Crippen molar-refractivity contribution < 1.29 is 15.0 Å². The van der Waals surface area contributed by atoms with Crippen LogP contribution in [0.4, 0.5) is 0 Å². The number of carbonyl (C=O) groups is 1. The van der Waals surface area contributed by atoms with Gasteiger partial charge in [-0.05, 0) is 18.8 Å². The molecule has 1 saturated carbocycles. The maximum atomic E-state index is 9.89. The summed E-state index contributed by atoms with van der Waals surface area (Å²) in [5.41, 5.74) is 0. The van der Waals surface area contributed by atoms with Gasteiger partial charge in [0.25, 0.3) is 0 Å². The van der Waals surface area contributed by atoms with Crippen molar-refractivity contribution in [2.45, 2.75) is 25.0 Å². The number of nitrogens with one attached hydrogen (secondary N) is 1. The molecule has 0 aromatic rings. The second-order valence-electron chi connectivity index (χ2n) is 3.00. The van der Waals surface area contributed by atoms with Gasteiger partial charge in [-0.3, -0.25) is 4.79 Å². The molecule has 4 heteroatoms. The first-order chi connectivity index (χ1) is 5.24. The summed E-state index contributed by atoms with van der Waals surface area (Å²) in [5, 5.41) is 20.7. The van der Waals surface area contributed by atoms with E-state index in [2.05, 4.69) is 5.32 Å². The topological polar surface area (TPSA) is 69.6 Å². The van der Waals surface area contributed by atoms with Gasteiger partial charge in [-0.25, -0.2) is 0 Å². The van der Waals surface area contributed by atoms with Gasteiger partial charge in [-0.2, -0.15) is 0 Å². The molecule has 0 heterocycles. The second-order valence-corrected chi connectivity index (χ2v) is 3.00. The fourth-order valence-corrected chi connectivity index (χ4v) is 1.47. The summed E-state index contributed by atoms with van der Waals surface area (Å²) in [6, 6.07) is 0. The smallest absolute Gasteiger partial charge is 0.207 e. The maximum Gasteiger partial charge on any atom is 0.207 e. The Labute approximate surface area is 65.2 Å². The van der Waals surface area contributed by atoms with Crippen LogP contribution < -0.4 is 5.32 Å². The zero-order valence-corrected chi connectivity index (χ0v) is 6.23. The van der Waals surface area contributed by atoms with Gasteiger partial charge in [0.2, 0.25) is 6.41 Å². The molecule has 11 heavy (non-hydrogen) atoms. The van der Waals surface area contributed by atoms with E-state index in [1.54, 1.807) is 0 Å². The minimum absolute atomic E-state index is 0.227. The predicted molar refractivity (Wildman–Crippen MR) is 38.8 cm³/mol. The Morgan fingerprint density at radius 1 is 1.36 bits per heavy atom. The number of hydrogen-bond acceptors (Lipinski definition) is 3. The highest BCUT2D eigenvalue weighted by molar-refractivity contribution is 5.45.